The molecule has 0 unspecified atom stereocenters. The SMILES string of the molecule is COCc1nc2cc(Cl)cnc2n1CCN. The molecule has 2 N–H and O–H groups in total. The third kappa shape index (κ3) is 2.02. The van der Waals surface area contributed by atoms with Gasteiger partial charge in [-0.2, -0.15) is 0 Å². The van der Waals surface area contributed by atoms with Gasteiger partial charge in [-0.1, -0.05) is 11.6 Å². The van der Waals surface area contributed by atoms with Gasteiger partial charge in [-0.3, -0.25) is 0 Å². The van der Waals surface area contributed by atoms with E-state index in [1.807, 2.05) is 4.57 Å². The Morgan fingerprint density at radius 1 is 1.56 bits per heavy atom. The lowest BCUT2D eigenvalue weighted by Gasteiger charge is -2.05. The predicted molar refractivity (Wildman–Crippen MR) is 62.3 cm³/mol. The van der Waals surface area contributed by atoms with Gasteiger partial charge in [-0.15, -0.1) is 0 Å². The highest BCUT2D eigenvalue weighted by Crippen LogP contribution is 2.18. The molecule has 0 aliphatic heterocycles. The standard InChI is InChI=1S/C10H13ClN4O/c1-16-6-9-14-8-4-7(11)5-13-10(8)15(9)3-2-12/h4-5H,2-3,6,12H2,1H3. The van der Waals surface area contributed by atoms with Crippen LogP contribution in [0.25, 0.3) is 11.2 Å². The van der Waals surface area contributed by atoms with E-state index in [2.05, 4.69) is 9.97 Å². The summed E-state index contributed by atoms with van der Waals surface area (Å²) in [6.45, 7) is 1.64. The molecule has 2 aromatic heterocycles. The van der Waals surface area contributed by atoms with Crippen molar-refractivity contribution in [3.05, 3.63) is 23.1 Å². The van der Waals surface area contributed by atoms with Gasteiger partial charge >= 0.3 is 0 Å². The number of rotatable bonds is 4. The summed E-state index contributed by atoms with van der Waals surface area (Å²) in [5.41, 5.74) is 7.13. The molecule has 0 saturated heterocycles. The minimum atomic E-state index is 0.438. The molecular formula is C10H13ClN4O. The second-order valence-electron chi connectivity index (χ2n) is 3.40. The van der Waals surface area contributed by atoms with Crippen LogP contribution in [-0.4, -0.2) is 28.2 Å². The first-order valence-electron chi connectivity index (χ1n) is 4.96. The number of pyridine rings is 1. The number of hydrogen-bond donors (Lipinski definition) is 1. The molecule has 0 aromatic carbocycles. The van der Waals surface area contributed by atoms with E-state index in [0.717, 1.165) is 17.0 Å². The zero-order valence-corrected chi connectivity index (χ0v) is 9.74. The van der Waals surface area contributed by atoms with Gasteiger partial charge in [0, 0.05) is 26.4 Å². The van der Waals surface area contributed by atoms with Crippen molar-refractivity contribution < 1.29 is 4.74 Å². The monoisotopic (exact) mass is 240 g/mol. The Kier molecular flexibility index (Phi) is 3.38. The summed E-state index contributed by atoms with van der Waals surface area (Å²) in [7, 11) is 1.63. The normalized spacial score (nSPS) is 11.2. The van der Waals surface area contributed by atoms with Gasteiger partial charge in [0.2, 0.25) is 0 Å². The van der Waals surface area contributed by atoms with Crippen molar-refractivity contribution in [2.45, 2.75) is 13.2 Å². The summed E-state index contributed by atoms with van der Waals surface area (Å²) in [5.74, 6) is 0.817. The molecule has 6 heteroatoms. The van der Waals surface area contributed by atoms with Crippen LogP contribution in [0.1, 0.15) is 5.82 Å². The van der Waals surface area contributed by atoms with E-state index in [1.165, 1.54) is 0 Å². The average Bonchev–Trinajstić information content (AvgIpc) is 2.57. The van der Waals surface area contributed by atoms with Gasteiger partial charge in [0.15, 0.2) is 5.65 Å². The van der Waals surface area contributed by atoms with E-state index in [0.29, 0.717) is 24.7 Å². The number of halogens is 1. The Balaban J connectivity index is 2.56. The predicted octanol–water partition coefficient (Wildman–Crippen LogP) is 1.19. The quantitative estimate of drug-likeness (QED) is 0.872. The van der Waals surface area contributed by atoms with Crippen LogP contribution < -0.4 is 5.73 Å². The third-order valence-corrected chi connectivity index (χ3v) is 2.46. The van der Waals surface area contributed by atoms with Crippen LogP contribution >= 0.6 is 11.6 Å². The molecule has 2 aromatic rings. The fourth-order valence-corrected chi connectivity index (χ4v) is 1.79. The Labute approximate surface area is 98.2 Å². The minimum absolute atomic E-state index is 0.438. The Morgan fingerprint density at radius 2 is 2.38 bits per heavy atom. The Hall–Kier alpha value is -1.17. The molecule has 2 rings (SSSR count). The first-order chi connectivity index (χ1) is 7.76. The van der Waals surface area contributed by atoms with Gasteiger partial charge in [0.25, 0.3) is 0 Å². The van der Waals surface area contributed by atoms with Crippen molar-refractivity contribution in [2.24, 2.45) is 5.73 Å². The molecular weight excluding hydrogens is 228 g/mol. The molecule has 0 spiro atoms. The minimum Gasteiger partial charge on any atom is -0.377 e. The lowest BCUT2D eigenvalue weighted by molar-refractivity contribution is 0.174. The maximum atomic E-state index is 5.87. The van der Waals surface area contributed by atoms with E-state index < -0.39 is 0 Å². The molecule has 0 amide bonds. The number of aromatic nitrogens is 3. The van der Waals surface area contributed by atoms with Gasteiger partial charge in [-0.25, -0.2) is 9.97 Å². The third-order valence-electron chi connectivity index (χ3n) is 2.26. The number of hydrogen-bond acceptors (Lipinski definition) is 4. The van der Waals surface area contributed by atoms with Crippen LogP contribution in [0, 0.1) is 0 Å². The average molecular weight is 241 g/mol. The Bertz CT molecular complexity index is 497. The molecule has 16 heavy (non-hydrogen) atoms. The van der Waals surface area contributed by atoms with Crippen LogP contribution in [0.15, 0.2) is 12.3 Å². The van der Waals surface area contributed by atoms with Crippen molar-refractivity contribution in [1.29, 1.82) is 0 Å². The second-order valence-corrected chi connectivity index (χ2v) is 3.83. The van der Waals surface area contributed by atoms with Crippen LogP contribution in [0.3, 0.4) is 0 Å². The first-order valence-corrected chi connectivity index (χ1v) is 5.33. The summed E-state index contributed by atoms with van der Waals surface area (Å²) in [5, 5.41) is 0.578. The first kappa shape index (κ1) is 11.3. The molecule has 0 saturated carbocycles. The molecule has 0 radical (unpaired) electrons. The van der Waals surface area contributed by atoms with Gasteiger partial charge in [0.1, 0.15) is 17.9 Å². The molecule has 0 aliphatic rings. The van der Waals surface area contributed by atoms with Gasteiger partial charge in [0.05, 0.1) is 5.02 Å². The van der Waals surface area contributed by atoms with Crippen molar-refractivity contribution in [1.82, 2.24) is 14.5 Å². The van der Waals surface area contributed by atoms with Crippen molar-refractivity contribution in [3.63, 3.8) is 0 Å². The number of methoxy groups -OCH3 is 1. The van der Waals surface area contributed by atoms with Crippen molar-refractivity contribution in [2.75, 3.05) is 13.7 Å². The second kappa shape index (κ2) is 4.78. The highest BCUT2D eigenvalue weighted by molar-refractivity contribution is 6.31. The molecule has 2 heterocycles. The zero-order valence-electron chi connectivity index (χ0n) is 8.98. The van der Waals surface area contributed by atoms with Crippen LogP contribution in [0.4, 0.5) is 0 Å². The largest absolute Gasteiger partial charge is 0.377 e. The summed E-state index contributed by atoms with van der Waals surface area (Å²) >= 11 is 5.87. The number of ether oxygens (including phenoxy) is 1. The molecule has 0 fully saturated rings. The highest BCUT2D eigenvalue weighted by atomic mass is 35.5. The zero-order chi connectivity index (χ0) is 11.5. The molecule has 86 valence electrons. The lowest BCUT2D eigenvalue weighted by Crippen LogP contribution is -2.13. The van der Waals surface area contributed by atoms with E-state index in [4.69, 9.17) is 22.1 Å². The summed E-state index contributed by atoms with van der Waals surface area (Å²) in [6, 6.07) is 1.79. The van der Waals surface area contributed by atoms with Crippen LogP contribution in [-0.2, 0) is 17.9 Å². The number of nitrogens with zero attached hydrogens (tertiary/aromatic N) is 3. The number of nitrogens with two attached hydrogens (primary N) is 1. The summed E-state index contributed by atoms with van der Waals surface area (Å²) in [6.07, 6.45) is 1.61. The smallest absolute Gasteiger partial charge is 0.160 e. The van der Waals surface area contributed by atoms with Gasteiger partial charge < -0.3 is 15.0 Å². The highest BCUT2D eigenvalue weighted by Gasteiger charge is 2.11. The topological polar surface area (TPSA) is 66.0 Å². The molecule has 0 aliphatic carbocycles. The van der Waals surface area contributed by atoms with Crippen LogP contribution in [0.5, 0.6) is 0 Å². The van der Waals surface area contributed by atoms with Crippen molar-refractivity contribution in [3.8, 4) is 0 Å². The van der Waals surface area contributed by atoms with Gasteiger partial charge in [-0.05, 0) is 6.07 Å². The van der Waals surface area contributed by atoms with Crippen LogP contribution in [0.2, 0.25) is 5.02 Å². The maximum Gasteiger partial charge on any atom is 0.160 e. The van der Waals surface area contributed by atoms with E-state index in [9.17, 15) is 0 Å². The molecule has 5 nitrogen and oxygen atoms in total. The fourth-order valence-electron chi connectivity index (χ4n) is 1.64. The van der Waals surface area contributed by atoms with Crippen molar-refractivity contribution >= 4 is 22.8 Å². The number of fused-ring (bicyclic) bond motifs is 1. The van der Waals surface area contributed by atoms with E-state index in [-0.39, 0.29) is 0 Å². The summed E-state index contributed by atoms with van der Waals surface area (Å²) in [4.78, 5) is 8.68. The molecule has 0 atom stereocenters. The van der Waals surface area contributed by atoms with E-state index >= 15 is 0 Å². The Morgan fingerprint density at radius 3 is 3.06 bits per heavy atom. The lowest BCUT2D eigenvalue weighted by atomic mass is 10.4. The van der Waals surface area contributed by atoms with E-state index in [1.54, 1.807) is 19.4 Å². The number of imidazole rings is 1. The fraction of sp³-hybridized carbons (Fsp3) is 0.400. The molecule has 0 bridgehead atoms. The maximum absolute atomic E-state index is 5.87. The summed E-state index contributed by atoms with van der Waals surface area (Å²) < 4.78 is 7.04.